The normalized spacial score (nSPS) is 18.4. The minimum Gasteiger partial charge on any atom is -0.351 e. The van der Waals surface area contributed by atoms with Gasteiger partial charge in [-0.3, -0.25) is 14.4 Å². The van der Waals surface area contributed by atoms with Crippen molar-refractivity contribution in [3.05, 3.63) is 48.4 Å². The number of fused-ring (bicyclic) bond motifs is 1. The Hall–Kier alpha value is -2.45. The first-order chi connectivity index (χ1) is 13.6. The Kier molecular flexibility index (Phi) is 5.59. The standard InChI is InChI=1S/C20H24N6OS/c1-14(28-20-17-10-23-25(2)18(17)21-13-22-20)19(27)24-16-8-9-26(12-16)11-15-6-4-3-5-7-15/h3-7,10,13-14,16H,8-9,11-12H2,1-2H3,(H,24,27). The number of carbonyl (C=O) groups excluding carboxylic acids is 1. The molecule has 1 amide bonds. The van der Waals surface area contributed by atoms with Crippen LogP contribution in [0.3, 0.4) is 0 Å². The third-order valence-electron chi connectivity index (χ3n) is 5.02. The molecule has 3 aromatic rings. The summed E-state index contributed by atoms with van der Waals surface area (Å²) in [5.41, 5.74) is 2.08. The zero-order valence-electron chi connectivity index (χ0n) is 16.1. The predicted molar refractivity (Wildman–Crippen MR) is 110 cm³/mol. The molecule has 2 atom stereocenters. The van der Waals surface area contributed by atoms with Crippen molar-refractivity contribution in [3.63, 3.8) is 0 Å². The summed E-state index contributed by atoms with van der Waals surface area (Å²) in [7, 11) is 1.85. The van der Waals surface area contributed by atoms with Crippen LogP contribution in [-0.4, -0.2) is 54.9 Å². The molecule has 0 saturated carbocycles. The number of rotatable bonds is 6. The van der Waals surface area contributed by atoms with Crippen LogP contribution in [0.25, 0.3) is 11.0 Å². The first-order valence-electron chi connectivity index (χ1n) is 9.46. The van der Waals surface area contributed by atoms with E-state index < -0.39 is 0 Å². The summed E-state index contributed by atoms with van der Waals surface area (Å²) < 4.78 is 1.71. The Balaban J connectivity index is 1.32. The highest BCUT2D eigenvalue weighted by Gasteiger charge is 2.26. The van der Waals surface area contributed by atoms with E-state index in [9.17, 15) is 4.79 Å². The smallest absolute Gasteiger partial charge is 0.233 e. The molecule has 1 fully saturated rings. The van der Waals surface area contributed by atoms with Crippen molar-refractivity contribution in [2.45, 2.75) is 36.2 Å². The average Bonchev–Trinajstić information content (AvgIpc) is 3.30. The first kappa shape index (κ1) is 18.9. The molecule has 1 aliphatic heterocycles. The number of likely N-dealkylation sites (tertiary alicyclic amines) is 1. The van der Waals surface area contributed by atoms with E-state index >= 15 is 0 Å². The maximum Gasteiger partial charge on any atom is 0.233 e. The molecule has 146 valence electrons. The molecule has 3 heterocycles. The Labute approximate surface area is 168 Å². The van der Waals surface area contributed by atoms with Crippen LogP contribution in [0.15, 0.2) is 47.9 Å². The summed E-state index contributed by atoms with van der Waals surface area (Å²) in [5.74, 6) is 0.0483. The van der Waals surface area contributed by atoms with E-state index in [0.717, 1.165) is 42.1 Å². The second-order valence-electron chi connectivity index (χ2n) is 7.16. The van der Waals surface area contributed by atoms with Gasteiger partial charge in [-0.25, -0.2) is 9.97 Å². The van der Waals surface area contributed by atoms with Gasteiger partial charge < -0.3 is 5.32 Å². The van der Waals surface area contributed by atoms with Gasteiger partial charge >= 0.3 is 0 Å². The third-order valence-corrected chi connectivity index (χ3v) is 6.13. The Morgan fingerprint density at radius 3 is 2.96 bits per heavy atom. The number of benzene rings is 1. The molecular weight excluding hydrogens is 372 g/mol. The third kappa shape index (κ3) is 4.18. The first-order valence-corrected chi connectivity index (χ1v) is 10.3. The monoisotopic (exact) mass is 396 g/mol. The van der Waals surface area contributed by atoms with Crippen molar-refractivity contribution in [1.82, 2.24) is 30.0 Å². The zero-order valence-corrected chi connectivity index (χ0v) is 16.9. The van der Waals surface area contributed by atoms with Gasteiger partial charge in [0.25, 0.3) is 0 Å². The van der Waals surface area contributed by atoms with Crippen molar-refractivity contribution in [3.8, 4) is 0 Å². The molecular formula is C20H24N6OS. The zero-order chi connectivity index (χ0) is 19.5. The molecule has 28 heavy (non-hydrogen) atoms. The van der Waals surface area contributed by atoms with Crippen LogP contribution in [0, 0.1) is 0 Å². The fourth-order valence-electron chi connectivity index (χ4n) is 3.51. The van der Waals surface area contributed by atoms with Gasteiger partial charge in [0.1, 0.15) is 11.4 Å². The lowest BCUT2D eigenvalue weighted by Gasteiger charge is -2.18. The second kappa shape index (κ2) is 8.28. The van der Waals surface area contributed by atoms with E-state index in [0.29, 0.717) is 0 Å². The van der Waals surface area contributed by atoms with Crippen LogP contribution in [-0.2, 0) is 18.4 Å². The molecule has 1 N–H and O–H groups in total. The highest BCUT2D eigenvalue weighted by atomic mass is 32.2. The molecule has 8 heteroatoms. The van der Waals surface area contributed by atoms with E-state index in [1.54, 1.807) is 10.9 Å². The van der Waals surface area contributed by atoms with Crippen LogP contribution < -0.4 is 5.32 Å². The van der Waals surface area contributed by atoms with Crippen LogP contribution in [0.4, 0.5) is 0 Å². The van der Waals surface area contributed by atoms with Gasteiger partial charge in [0.15, 0.2) is 5.65 Å². The number of aryl methyl sites for hydroxylation is 1. The fourth-order valence-corrected chi connectivity index (χ4v) is 4.40. The summed E-state index contributed by atoms with van der Waals surface area (Å²) in [6.45, 7) is 4.74. The van der Waals surface area contributed by atoms with E-state index in [1.165, 1.54) is 23.7 Å². The lowest BCUT2D eigenvalue weighted by Crippen LogP contribution is -2.40. The van der Waals surface area contributed by atoms with Gasteiger partial charge in [0.2, 0.25) is 5.91 Å². The molecule has 1 saturated heterocycles. The Bertz CT molecular complexity index is 960. The molecule has 7 nitrogen and oxygen atoms in total. The van der Waals surface area contributed by atoms with Gasteiger partial charge in [-0.1, -0.05) is 42.1 Å². The predicted octanol–water partition coefficient (Wildman–Crippen LogP) is 2.23. The van der Waals surface area contributed by atoms with E-state index in [1.807, 2.05) is 20.0 Å². The Morgan fingerprint density at radius 2 is 2.14 bits per heavy atom. The molecule has 0 radical (unpaired) electrons. The van der Waals surface area contributed by atoms with E-state index in [2.05, 4.69) is 49.5 Å². The van der Waals surface area contributed by atoms with Crippen LogP contribution in [0.1, 0.15) is 18.9 Å². The van der Waals surface area contributed by atoms with Gasteiger partial charge in [-0.05, 0) is 18.9 Å². The van der Waals surface area contributed by atoms with Crippen LogP contribution in [0.2, 0.25) is 0 Å². The number of carbonyl (C=O) groups is 1. The van der Waals surface area contributed by atoms with Crippen molar-refractivity contribution >= 4 is 28.7 Å². The van der Waals surface area contributed by atoms with E-state index in [-0.39, 0.29) is 17.2 Å². The average molecular weight is 397 g/mol. The summed E-state index contributed by atoms with van der Waals surface area (Å²) in [4.78, 5) is 23.7. The largest absolute Gasteiger partial charge is 0.351 e. The lowest BCUT2D eigenvalue weighted by atomic mass is 10.2. The molecule has 4 rings (SSSR count). The number of thioether (sulfide) groups is 1. The topological polar surface area (TPSA) is 75.9 Å². The minimum absolute atomic E-state index is 0.0483. The number of nitrogens with one attached hydrogen (secondary N) is 1. The molecule has 2 unspecified atom stereocenters. The van der Waals surface area contributed by atoms with Crippen LogP contribution >= 0.6 is 11.8 Å². The van der Waals surface area contributed by atoms with Gasteiger partial charge in [0.05, 0.1) is 16.8 Å². The highest BCUT2D eigenvalue weighted by molar-refractivity contribution is 8.00. The van der Waals surface area contributed by atoms with E-state index in [4.69, 9.17) is 0 Å². The number of nitrogens with zero attached hydrogens (tertiary/aromatic N) is 5. The Morgan fingerprint density at radius 1 is 1.32 bits per heavy atom. The van der Waals surface area contributed by atoms with Crippen molar-refractivity contribution in [1.29, 1.82) is 0 Å². The molecule has 0 aliphatic carbocycles. The summed E-state index contributed by atoms with van der Waals surface area (Å²) in [6.07, 6.45) is 4.26. The number of amides is 1. The molecule has 1 aliphatic rings. The van der Waals surface area contributed by atoms with Crippen molar-refractivity contribution < 1.29 is 4.79 Å². The highest BCUT2D eigenvalue weighted by Crippen LogP contribution is 2.27. The van der Waals surface area contributed by atoms with Crippen LogP contribution in [0.5, 0.6) is 0 Å². The number of aromatic nitrogens is 4. The second-order valence-corrected chi connectivity index (χ2v) is 8.49. The van der Waals surface area contributed by atoms with Gasteiger partial charge in [-0.2, -0.15) is 5.10 Å². The van der Waals surface area contributed by atoms with Crippen molar-refractivity contribution in [2.75, 3.05) is 13.1 Å². The van der Waals surface area contributed by atoms with Gasteiger partial charge in [0, 0.05) is 32.7 Å². The van der Waals surface area contributed by atoms with Crippen molar-refractivity contribution in [2.24, 2.45) is 7.05 Å². The number of hydrogen-bond acceptors (Lipinski definition) is 6. The summed E-state index contributed by atoms with van der Waals surface area (Å²) in [5, 5.41) is 8.87. The molecule has 1 aromatic carbocycles. The molecule has 0 spiro atoms. The molecule has 2 aromatic heterocycles. The maximum atomic E-state index is 12.7. The summed E-state index contributed by atoms with van der Waals surface area (Å²) in [6, 6.07) is 10.7. The lowest BCUT2D eigenvalue weighted by molar-refractivity contribution is -0.120. The molecule has 0 bridgehead atoms. The quantitative estimate of drug-likeness (QED) is 0.509. The number of hydrogen-bond donors (Lipinski definition) is 1. The maximum absolute atomic E-state index is 12.7. The minimum atomic E-state index is -0.235. The van der Waals surface area contributed by atoms with Gasteiger partial charge in [-0.15, -0.1) is 0 Å². The fraction of sp³-hybridized carbons (Fsp3) is 0.400. The summed E-state index contributed by atoms with van der Waals surface area (Å²) >= 11 is 1.45. The SMILES string of the molecule is CC(Sc1ncnc2c1cnn2C)C(=O)NC1CCN(Cc2ccccc2)C1.